The van der Waals surface area contributed by atoms with Gasteiger partial charge in [-0.25, -0.2) is 17.7 Å². The highest BCUT2D eigenvalue weighted by atomic mass is 32.2. The van der Waals surface area contributed by atoms with Crippen molar-refractivity contribution < 1.29 is 8.42 Å². The van der Waals surface area contributed by atoms with Gasteiger partial charge < -0.3 is 10.6 Å². The van der Waals surface area contributed by atoms with Crippen LogP contribution in [0.25, 0.3) is 11.3 Å². The summed E-state index contributed by atoms with van der Waals surface area (Å²) in [4.78, 5) is 4.61. The molecule has 1 aromatic heterocycles. The number of anilines is 2. The topological polar surface area (TPSA) is 122 Å². The number of benzene rings is 2. The lowest BCUT2D eigenvalue weighted by atomic mass is 9.93. The first-order valence-corrected chi connectivity index (χ1v) is 11.9. The standard InChI is InChI=1S/C21H20N6O2S2/c1-21(13-31(28,29)27(2)19(23)26-21)16-4-3-5-17(10-16)24-20-25-18(12-30-20)15-8-6-14(11-22)7-9-15/h3-10,12H,13H2,1-2H3,(H2,23,26)(H,24,25)/t21-/m0/s1. The summed E-state index contributed by atoms with van der Waals surface area (Å²) in [5, 5.41) is 25.8. The first kappa shape index (κ1) is 20.8. The van der Waals surface area contributed by atoms with Gasteiger partial charge in [-0.3, -0.25) is 5.41 Å². The predicted molar refractivity (Wildman–Crippen MR) is 122 cm³/mol. The van der Waals surface area contributed by atoms with E-state index < -0.39 is 15.6 Å². The molecular weight excluding hydrogens is 432 g/mol. The second-order valence-electron chi connectivity index (χ2n) is 7.46. The van der Waals surface area contributed by atoms with Crippen molar-refractivity contribution in [1.29, 1.82) is 10.7 Å². The summed E-state index contributed by atoms with van der Waals surface area (Å²) in [5.74, 6) is -0.304. The van der Waals surface area contributed by atoms with Gasteiger partial charge in [0, 0.05) is 23.7 Å². The zero-order valence-electron chi connectivity index (χ0n) is 16.9. The van der Waals surface area contributed by atoms with Gasteiger partial charge in [0.05, 0.1) is 28.6 Å². The Balaban J connectivity index is 1.56. The molecule has 0 aliphatic carbocycles. The van der Waals surface area contributed by atoms with E-state index >= 15 is 0 Å². The maximum atomic E-state index is 12.4. The SMILES string of the molecule is CN1C(=N)N[C@](C)(c2cccc(Nc3nc(-c4ccc(C#N)cc4)cs3)c2)CS1(=O)=O. The second kappa shape index (κ2) is 7.68. The molecule has 3 N–H and O–H groups in total. The van der Waals surface area contributed by atoms with E-state index in [0.717, 1.165) is 26.8 Å². The third-order valence-corrected chi connectivity index (χ3v) is 7.88. The number of rotatable bonds is 4. The molecule has 1 atom stereocenters. The van der Waals surface area contributed by atoms with Crippen LogP contribution in [0.2, 0.25) is 0 Å². The van der Waals surface area contributed by atoms with Crippen molar-refractivity contribution >= 4 is 38.1 Å². The molecule has 4 rings (SSSR count). The van der Waals surface area contributed by atoms with Gasteiger partial charge in [-0.05, 0) is 36.8 Å². The lowest BCUT2D eigenvalue weighted by molar-refractivity contribution is 0.418. The minimum Gasteiger partial charge on any atom is -0.345 e. The van der Waals surface area contributed by atoms with Crippen molar-refractivity contribution in [2.45, 2.75) is 12.5 Å². The summed E-state index contributed by atoms with van der Waals surface area (Å²) < 4.78 is 25.8. The van der Waals surface area contributed by atoms with E-state index in [0.29, 0.717) is 10.7 Å². The summed E-state index contributed by atoms with van der Waals surface area (Å²) in [6.07, 6.45) is 0. The zero-order chi connectivity index (χ0) is 22.2. The fourth-order valence-electron chi connectivity index (χ4n) is 3.38. The Morgan fingerprint density at radius 1 is 1.29 bits per heavy atom. The van der Waals surface area contributed by atoms with Crippen LogP contribution in [0.1, 0.15) is 18.1 Å². The summed E-state index contributed by atoms with van der Waals surface area (Å²) in [6.45, 7) is 1.78. The molecule has 0 amide bonds. The van der Waals surface area contributed by atoms with Gasteiger partial charge in [0.1, 0.15) is 0 Å². The monoisotopic (exact) mass is 452 g/mol. The van der Waals surface area contributed by atoms with Crippen LogP contribution in [0.4, 0.5) is 10.8 Å². The number of nitrogens with one attached hydrogen (secondary N) is 3. The number of thiazole rings is 1. The smallest absolute Gasteiger partial charge is 0.239 e. The molecule has 10 heteroatoms. The fourth-order valence-corrected chi connectivity index (χ4v) is 5.60. The maximum Gasteiger partial charge on any atom is 0.239 e. The van der Waals surface area contributed by atoms with Crippen LogP contribution in [0.3, 0.4) is 0 Å². The molecule has 1 fully saturated rings. The zero-order valence-corrected chi connectivity index (χ0v) is 18.5. The summed E-state index contributed by atoms with van der Waals surface area (Å²) in [6, 6.07) is 16.8. The number of guanidine groups is 1. The van der Waals surface area contributed by atoms with Crippen LogP contribution >= 0.6 is 11.3 Å². The molecule has 3 aromatic rings. The van der Waals surface area contributed by atoms with Crippen LogP contribution < -0.4 is 10.6 Å². The molecule has 31 heavy (non-hydrogen) atoms. The van der Waals surface area contributed by atoms with Crippen LogP contribution in [-0.4, -0.2) is 36.5 Å². The third-order valence-electron chi connectivity index (χ3n) is 5.16. The molecule has 158 valence electrons. The highest BCUT2D eigenvalue weighted by Gasteiger charge is 2.41. The Kier molecular flexibility index (Phi) is 5.16. The largest absolute Gasteiger partial charge is 0.345 e. The van der Waals surface area contributed by atoms with Crippen molar-refractivity contribution in [3.63, 3.8) is 0 Å². The van der Waals surface area contributed by atoms with Gasteiger partial charge in [0.2, 0.25) is 16.0 Å². The fraction of sp³-hybridized carbons (Fsp3) is 0.190. The van der Waals surface area contributed by atoms with Crippen molar-refractivity contribution in [2.75, 3.05) is 18.1 Å². The van der Waals surface area contributed by atoms with Crippen molar-refractivity contribution in [1.82, 2.24) is 14.6 Å². The number of hydrogen-bond acceptors (Lipinski definition) is 7. The van der Waals surface area contributed by atoms with E-state index in [4.69, 9.17) is 10.7 Å². The van der Waals surface area contributed by atoms with Gasteiger partial charge in [0.25, 0.3) is 0 Å². The normalized spacial score (nSPS) is 20.0. The number of aromatic nitrogens is 1. The molecule has 1 aliphatic rings. The van der Waals surface area contributed by atoms with E-state index in [1.807, 2.05) is 41.8 Å². The first-order valence-electron chi connectivity index (χ1n) is 9.37. The van der Waals surface area contributed by atoms with Crippen LogP contribution in [0.5, 0.6) is 0 Å². The van der Waals surface area contributed by atoms with Gasteiger partial charge >= 0.3 is 0 Å². The van der Waals surface area contributed by atoms with Crippen molar-refractivity contribution in [3.05, 3.63) is 65.0 Å². The summed E-state index contributed by atoms with van der Waals surface area (Å²) >= 11 is 1.45. The highest BCUT2D eigenvalue weighted by Crippen LogP contribution is 2.31. The minimum absolute atomic E-state index is 0.150. The second-order valence-corrected chi connectivity index (χ2v) is 10.3. The summed E-state index contributed by atoms with van der Waals surface area (Å²) in [5.41, 5.74) is 2.92. The molecular formula is C21H20N6O2S2. The first-order chi connectivity index (χ1) is 14.7. The number of hydrogen-bond donors (Lipinski definition) is 3. The van der Waals surface area contributed by atoms with E-state index in [9.17, 15) is 8.42 Å². The van der Waals surface area contributed by atoms with E-state index in [2.05, 4.69) is 21.7 Å². The van der Waals surface area contributed by atoms with Gasteiger partial charge in [-0.1, -0.05) is 24.3 Å². The van der Waals surface area contributed by atoms with Crippen LogP contribution in [0.15, 0.2) is 53.9 Å². The molecule has 1 aliphatic heterocycles. The Labute approximate surface area is 184 Å². The lowest BCUT2D eigenvalue weighted by Crippen LogP contribution is -2.60. The molecule has 2 aromatic carbocycles. The minimum atomic E-state index is -3.58. The van der Waals surface area contributed by atoms with E-state index in [1.165, 1.54) is 18.4 Å². The molecule has 0 saturated carbocycles. The molecule has 8 nitrogen and oxygen atoms in total. The van der Waals surface area contributed by atoms with Crippen LogP contribution in [0, 0.1) is 16.7 Å². The lowest BCUT2D eigenvalue weighted by Gasteiger charge is -2.40. The van der Waals surface area contributed by atoms with Gasteiger partial charge in [-0.15, -0.1) is 11.3 Å². The maximum absolute atomic E-state index is 12.4. The molecule has 0 unspecified atom stereocenters. The van der Waals surface area contributed by atoms with Crippen molar-refractivity contribution in [3.8, 4) is 17.3 Å². The molecule has 0 radical (unpaired) electrons. The Hall–Kier alpha value is -3.42. The Bertz CT molecular complexity index is 1290. The third kappa shape index (κ3) is 4.10. The number of sulfonamides is 1. The predicted octanol–water partition coefficient (Wildman–Crippen LogP) is 3.44. The van der Waals surface area contributed by atoms with E-state index in [-0.39, 0.29) is 11.7 Å². The summed E-state index contributed by atoms with van der Waals surface area (Å²) in [7, 11) is -2.20. The number of nitriles is 1. The van der Waals surface area contributed by atoms with Gasteiger partial charge in [0.15, 0.2) is 5.13 Å². The van der Waals surface area contributed by atoms with Crippen molar-refractivity contribution in [2.24, 2.45) is 0 Å². The van der Waals surface area contributed by atoms with E-state index in [1.54, 1.807) is 19.1 Å². The average Bonchev–Trinajstić information content (AvgIpc) is 3.20. The molecule has 0 bridgehead atoms. The molecule has 0 spiro atoms. The van der Waals surface area contributed by atoms with Gasteiger partial charge in [-0.2, -0.15) is 5.26 Å². The Morgan fingerprint density at radius 2 is 2.03 bits per heavy atom. The molecule has 1 saturated heterocycles. The molecule has 2 heterocycles. The number of nitrogens with zero attached hydrogens (tertiary/aromatic N) is 3. The highest BCUT2D eigenvalue weighted by molar-refractivity contribution is 7.89. The quantitative estimate of drug-likeness (QED) is 0.557. The average molecular weight is 453 g/mol. The van der Waals surface area contributed by atoms with Crippen LogP contribution in [-0.2, 0) is 15.6 Å². The Morgan fingerprint density at radius 3 is 2.71 bits per heavy atom.